The summed E-state index contributed by atoms with van der Waals surface area (Å²) in [6.07, 6.45) is 2.16. The first-order chi connectivity index (χ1) is 11.5. The van der Waals surface area contributed by atoms with Crippen LogP contribution in [0, 0.1) is 5.92 Å². The summed E-state index contributed by atoms with van der Waals surface area (Å²) in [5.74, 6) is 1.33. The van der Waals surface area contributed by atoms with Gasteiger partial charge in [0.1, 0.15) is 0 Å². The Morgan fingerprint density at radius 2 is 1.96 bits per heavy atom. The molecule has 2 heterocycles. The number of hydrogen-bond acceptors (Lipinski definition) is 5. The van der Waals surface area contributed by atoms with Crippen molar-refractivity contribution in [2.75, 3.05) is 13.1 Å². The molecule has 1 aromatic heterocycles. The van der Waals surface area contributed by atoms with E-state index in [0.717, 1.165) is 36.0 Å². The molecule has 24 heavy (non-hydrogen) atoms. The lowest BCUT2D eigenvalue weighted by atomic mass is 9.99. The topological polar surface area (TPSA) is 59.2 Å². The number of nitrogens with zero attached hydrogens (tertiary/aromatic N) is 3. The lowest BCUT2D eigenvalue weighted by Gasteiger charge is -2.31. The van der Waals surface area contributed by atoms with Crippen LogP contribution in [0.15, 0.2) is 38.4 Å². The fourth-order valence-electron chi connectivity index (χ4n) is 2.65. The molecular weight excluding hydrogens is 390 g/mol. The largest absolute Gasteiger partial charge is 0.411 e. The predicted octanol–water partition coefficient (Wildman–Crippen LogP) is 4.24. The summed E-state index contributed by atoms with van der Waals surface area (Å²) in [5, 5.41) is 8.34. The van der Waals surface area contributed by atoms with Crippen LogP contribution in [-0.4, -0.2) is 39.3 Å². The van der Waals surface area contributed by atoms with Gasteiger partial charge in [0.2, 0.25) is 11.8 Å². The van der Waals surface area contributed by atoms with Gasteiger partial charge in [-0.25, -0.2) is 0 Å². The molecule has 0 saturated carbocycles. The first kappa shape index (κ1) is 17.5. The monoisotopic (exact) mass is 409 g/mol. The minimum Gasteiger partial charge on any atom is -0.411 e. The zero-order valence-electron chi connectivity index (χ0n) is 13.7. The van der Waals surface area contributed by atoms with E-state index in [1.165, 1.54) is 11.8 Å². The molecular formula is C17H20BrN3O2S. The molecule has 1 atom stereocenters. The van der Waals surface area contributed by atoms with Crippen LogP contribution in [0.25, 0.3) is 11.5 Å². The van der Waals surface area contributed by atoms with Crippen LogP contribution in [0.1, 0.15) is 26.7 Å². The number of carbonyl (C=O) groups is 1. The zero-order chi connectivity index (χ0) is 17.1. The van der Waals surface area contributed by atoms with E-state index < -0.39 is 0 Å². The van der Waals surface area contributed by atoms with Gasteiger partial charge in [-0.2, -0.15) is 0 Å². The highest BCUT2D eigenvalue weighted by Gasteiger charge is 2.26. The number of halogens is 1. The fourth-order valence-corrected chi connectivity index (χ4v) is 3.69. The molecule has 2 aromatic rings. The minimum atomic E-state index is -0.225. The van der Waals surface area contributed by atoms with Crippen LogP contribution < -0.4 is 0 Å². The quantitative estimate of drug-likeness (QED) is 0.706. The normalized spacial score (nSPS) is 17.0. The maximum absolute atomic E-state index is 12.5. The van der Waals surface area contributed by atoms with Gasteiger partial charge in [0.05, 0.1) is 5.25 Å². The molecule has 3 rings (SSSR count). The van der Waals surface area contributed by atoms with E-state index in [2.05, 4.69) is 33.1 Å². The Morgan fingerprint density at radius 3 is 2.62 bits per heavy atom. The SMILES string of the molecule is CC1CCN(C(=O)C(C)Sc2nnc(-c3ccc(Br)cc3)o2)CC1. The van der Waals surface area contributed by atoms with Crippen LogP contribution >= 0.6 is 27.7 Å². The summed E-state index contributed by atoms with van der Waals surface area (Å²) >= 11 is 4.72. The average Bonchev–Trinajstić information content (AvgIpc) is 3.04. The van der Waals surface area contributed by atoms with E-state index in [1.54, 1.807) is 0 Å². The molecule has 7 heteroatoms. The van der Waals surface area contributed by atoms with Crippen LogP contribution in [0.5, 0.6) is 0 Å². The highest BCUT2D eigenvalue weighted by atomic mass is 79.9. The van der Waals surface area contributed by atoms with Gasteiger partial charge in [0.25, 0.3) is 5.22 Å². The average molecular weight is 410 g/mol. The highest BCUT2D eigenvalue weighted by Crippen LogP contribution is 2.28. The number of carbonyl (C=O) groups excluding carboxylic acids is 1. The third-order valence-electron chi connectivity index (χ3n) is 4.22. The lowest BCUT2D eigenvalue weighted by molar-refractivity contribution is -0.131. The molecule has 0 bridgehead atoms. The van der Waals surface area contributed by atoms with E-state index in [0.29, 0.717) is 17.0 Å². The third kappa shape index (κ3) is 4.19. The number of amides is 1. The molecule has 0 spiro atoms. The van der Waals surface area contributed by atoms with Gasteiger partial charge in [0, 0.05) is 23.1 Å². The number of likely N-dealkylation sites (tertiary alicyclic amines) is 1. The first-order valence-electron chi connectivity index (χ1n) is 8.08. The van der Waals surface area contributed by atoms with Gasteiger partial charge >= 0.3 is 0 Å². The Kier molecular flexibility index (Phi) is 5.61. The number of hydrogen-bond donors (Lipinski definition) is 0. The summed E-state index contributed by atoms with van der Waals surface area (Å²) in [6, 6.07) is 7.68. The van der Waals surface area contributed by atoms with Crippen molar-refractivity contribution in [3.05, 3.63) is 28.7 Å². The van der Waals surface area contributed by atoms with E-state index in [1.807, 2.05) is 36.1 Å². The van der Waals surface area contributed by atoms with Crippen molar-refractivity contribution in [2.24, 2.45) is 5.92 Å². The number of thioether (sulfide) groups is 1. The van der Waals surface area contributed by atoms with Crippen LogP contribution in [-0.2, 0) is 4.79 Å². The van der Waals surface area contributed by atoms with Crippen LogP contribution in [0.4, 0.5) is 0 Å². The Morgan fingerprint density at radius 1 is 1.29 bits per heavy atom. The number of piperidine rings is 1. The smallest absolute Gasteiger partial charge is 0.277 e. The molecule has 5 nitrogen and oxygen atoms in total. The standard InChI is InChI=1S/C17H20BrN3O2S/c1-11-7-9-21(10-8-11)16(22)12(2)24-17-20-19-15(23-17)13-3-5-14(18)6-4-13/h3-6,11-12H,7-10H2,1-2H3. The van der Waals surface area contributed by atoms with Gasteiger partial charge in [0.15, 0.2) is 0 Å². The Bertz CT molecular complexity index is 696. The summed E-state index contributed by atoms with van der Waals surface area (Å²) < 4.78 is 6.69. The van der Waals surface area contributed by atoms with E-state index in [-0.39, 0.29) is 11.2 Å². The Labute approximate surface area is 154 Å². The van der Waals surface area contributed by atoms with Gasteiger partial charge in [-0.15, -0.1) is 10.2 Å². The van der Waals surface area contributed by atoms with Crippen molar-refractivity contribution >= 4 is 33.6 Å². The van der Waals surface area contributed by atoms with Gasteiger partial charge < -0.3 is 9.32 Å². The molecule has 128 valence electrons. The number of benzene rings is 1. The maximum atomic E-state index is 12.5. The molecule has 1 fully saturated rings. The minimum absolute atomic E-state index is 0.148. The molecule has 1 aromatic carbocycles. The summed E-state index contributed by atoms with van der Waals surface area (Å²) in [4.78, 5) is 14.5. The Balaban J connectivity index is 1.61. The molecule has 0 aliphatic carbocycles. The second-order valence-corrected chi connectivity index (χ2v) is 8.36. The van der Waals surface area contributed by atoms with Crippen molar-refractivity contribution in [2.45, 2.75) is 37.2 Å². The molecule has 1 saturated heterocycles. The van der Waals surface area contributed by atoms with Crippen molar-refractivity contribution in [3.8, 4) is 11.5 Å². The van der Waals surface area contributed by atoms with E-state index >= 15 is 0 Å². The second kappa shape index (κ2) is 7.70. The third-order valence-corrected chi connectivity index (χ3v) is 5.67. The van der Waals surface area contributed by atoms with Crippen LogP contribution in [0.3, 0.4) is 0 Å². The predicted molar refractivity (Wildman–Crippen MR) is 97.7 cm³/mol. The maximum Gasteiger partial charge on any atom is 0.277 e. The summed E-state index contributed by atoms with van der Waals surface area (Å²) in [5.41, 5.74) is 0.863. The molecule has 0 radical (unpaired) electrons. The van der Waals surface area contributed by atoms with Crippen molar-refractivity contribution in [1.82, 2.24) is 15.1 Å². The van der Waals surface area contributed by atoms with Crippen molar-refractivity contribution < 1.29 is 9.21 Å². The molecule has 0 N–H and O–H groups in total. The molecule has 1 aliphatic rings. The van der Waals surface area contributed by atoms with Gasteiger partial charge in [-0.3, -0.25) is 4.79 Å². The van der Waals surface area contributed by atoms with Gasteiger partial charge in [-0.05, 0) is 49.9 Å². The van der Waals surface area contributed by atoms with E-state index in [4.69, 9.17) is 4.42 Å². The fraction of sp³-hybridized carbons (Fsp3) is 0.471. The summed E-state index contributed by atoms with van der Waals surface area (Å²) in [6.45, 7) is 5.83. The number of rotatable bonds is 4. The van der Waals surface area contributed by atoms with Crippen molar-refractivity contribution in [1.29, 1.82) is 0 Å². The molecule has 1 amide bonds. The summed E-state index contributed by atoms with van der Waals surface area (Å²) in [7, 11) is 0. The Hall–Kier alpha value is -1.34. The molecule has 1 unspecified atom stereocenters. The number of aromatic nitrogens is 2. The first-order valence-corrected chi connectivity index (χ1v) is 9.75. The zero-order valence-corrected chi connectivity index (χ0v) is 16.1. The lowest BCUT2D eigenvalue weighted by Crippen LogP contribution is -2.41. The van der Waals surface area contributed by atoms with Crippen LogP contribution in [0.2, 0.25) is 0 Å². The van der Waals surface area contributed by atoms with Gasteiger partial charge in [-0.1, -0.05) is 34.6 Å². The van der Waals surface area contributed by atoms with E-state index in [9.17, 15) is 4.79 Å². The van der Waals surface area contributed by atoms with Crippen molar-refractivity contribution in [3.63, 3.8) is 0 Å². The molecule has 1 aliphatic heterocycles. The second-order valence-electron chi connectivity index (χ2n) is 6.15. The highest BCUT2D eigenvalue weighted by molar-refractivity contribution is 9.10.